The van der Waals surface area contributed by atoms with Crippen molar-refractivity contribution in [2.75, 3.05) is 19.5 Å². The third-order valence-corrected chi connectivity index (χ3v) is 9.71. The number of esters is 3. The normalized spacial score (nSPS) is 23.2. The molecule has 1 fully saturated rings. The summed E-state index contributed by atoms with van der Waals surface area (Å²) in [6.45, 7) is 6.15. The van der Waals surface area contributed by atoms with E-state index in [9.17, 15) is 14.4 Å². The van der Waals surface area contributed by atoms with Gasteiger partial charge >= 0.3 is 24.6 Å². The minimum Gasteiger partial charge on any atom is -0.468 e. The fourth-order valence-electron chi connectivity index (χ4n) is 4.70. The van der Waals surface area contributed by atoms with Crippen molar-refractivity contribution in [3.63, 3.8) is 0 Å². The molecule has 250 valence electrons. The molecule has 1 saturated heterocycles. The fourth-order valence-corrected chi connectivity index (χ4v) is 7.18. The van der Waals surface area contributed by atoms with E-state index in [1.54, 1.807) is 77.9 Å². The van der Waals surface area contributed by atoms with Crippen LogP contribution in [0.5, 0.6) is 5.75 Å². The SMILES string of the molecule is COC(=O)[C@H](C)NP(=S)(OC[C@@]1(C)O[C@@H](c2ccc3c(N)ncnn23)[C@H](OC(=O)C(C)C)[C@@H]1OC(=O)C(C)C)Oc1ccccc1. The number of hydrogen-bond acceptors (Lipinski definition) is 13. The fraction of sp³-hybridized carbons (Fsp3) is 0.500. The Morgan fingerprint density at radius 2 is 1.70 bits per heavy atom. The number of anilines is 1. The predicted molar refractivity (Wildman–Crippen MR) is 171 cm³/mol. The molecule has 0 saturated carbocycles. The molecule has 1 aliphatic rings. The number of nitrogens with one attached hydrogen (secondary N) is 1. The van der Waals surface area contributed by atoms with Gasteiger partial charge in [-0.3, -0.25) is 14.4 Å². The van der Waals surface area contributed by atoms with E-state index in [4.69, 9.17) is 45.5 Å². The molecule has 3 aromatic rings. The van der Waals surface area contributed by atoms with Crippen LogP contribution in [0.15, 0.2) is 48.8 Å². The van der Waals surface area contributed by atoms with Crippen molar-refractivity contribution >= 4 is 47.7 Å². The quantitative estimate of drug-likeness (QED) is 0.152. The third-order valence-electron chi connectivity index (χ3n) is 7.23. The Morgan fingerprint density at radius 3 is 2.33 bits per heavy atom. The first-order valence-electron chi connectivity index (χ1n) is 14.7. The number of nitrogen functional groups attached to an aromatic ring is 1. The van der Waals surface area contributed by atoms with Crippen molar-refractivity contribution in [3.05, 3.63) is 54.5 Å². The molecule has 6 atom stereocenters. The van der Waals surface area contributed by atoms with Gasteiger partial charge < -0.3 is 33.7 Å². The molecule has 16 heteroatoms. The van der Waals surface area contributed by atoms with Crippen LogP contribution < -0.4 is 15.3 Å². The first kappa shape index (κ1) is 35.2. The Labute approximate surface area is 272 Å². The maximum absolute atomic E-state index is 13.1. The molecule has 1 aliphatic heterocycles. The summed E-state index contributed by atoms with van der Waals surface area (Å²) in [5, 5.41) is 7.29. The standard InChI is InChI=1S/C30H40N5O9PS/c1-17(2)27(36)41-24-23(21-13-14-22-26(31)32-16-33-35(21)22)43-30(6,25(24)42-28(37)18(3)4)15-40-45(46,34-19(5)29(38)39-7)44-20-11-9-8-10-12-20/h8-14,16-19,23-25H,15H2,1-7H3,(H,34,46)(H2,31,32,33)/t19-,23-,24-,25-,30+,45?/m0/s1. The number of methoxy groups -OCH3 is 1. The van der Waals surface area contributed by atoms with E-state index >= 15 is 0 Å². The summed E-state index contributed by atoms with van der Waals surface area (Å²) in [7, 11) is 1.26. The first-order valence-corrected chi connectivity index (χ1v) is 17.3. The van der Waals surface area contributed by atoms with Crippen LogP contribution in [0.25, 0.3) is 5.52 Å². The van der Waals surface area contributed by atoms with Crippen molar-refractivity contribution in [1.82, 2.24) is 19.7 Å². The van der Waals surface area contributed by atoms with E-state index in [1.165, 1.54) is 18.0 Å². The van der Waals surface area contributed by atoms with Gasteiger partial charge in [-0.15, -0.1) is 0 Å². The average Bonchev–Trinajstić information content (AvgIpc) is 3.56. The molecule has 14 nitrogen and oxygen atoms in total. The van der Waals surface area contributed by atoms with Crippen molar-refractivity contribution < 1.29 is 42.4 Å². The van der Waals surface area contributed by atoms with E-state index in [-0.39, 0.29) is 12.4 Å². The minimum atomic E-state index is -3.52. The zero-order valence-corrected chi connectivity index (χ0v) is 28.4. The molecule has 0 bridgehead atoms. The molecule has 0 amide bonds. The first-order chi connectivity index (χ1) is 21.7. The molecule has 0 spiro atoms. The van der Waals surface area contributed by atoms with Gasteiger partial charge in [0.1, 0.15) is 35.3 Å². The Hall–Kier alpha value is -3.62. The number of fused-ring (bicyclic) bond motifs is 1. The molecule has 1 aromatic carbocycles. The van der Waals surface area contributed by atoms with Gasteiger partial charge in [-0.2, -0.15) is 5.10 Å². The summed E-state index contributed by atoms with van der Waals surface area (Å²) in [6.07, 6.45) is -2.00. The number of carbonyl (C=O) groups is 3. The van der Waals surface area contributed by atoms with Crippen molar-refractivity contribution in [3.8, 4) is 5.75 Å². The number of carbonyl (C=O) groups excluding carboxylic acids is 3. The van der Waals surface area contributed by atoms with Gasteiger partial charge in [0, 0.05) is 0 Å². The summed E-state index contributed by atoms with van der Waals surface area (Å²) >= 11 is 5.86. The summed E-state index contributed by atoms with van der Waals surface area (Å²) in [4.78, 5) is 42.5. The zero-order chi connectivity index (χ0) is 33.8. The monoisotopic (exact) mass is 677 g/mol. The molecule has 2 aromatic heterocycles. The van der Waals surface area contributed by atoms with Crippen LogP contribution in [-0.4, -0.2) is 70.1 Å². The maximum atomic E-state index is 13.1. The highest BCUT2D eigenvalue weighted by molar-refractivity contribution is 8.09. The van der Waals surface area contributed by atoms with Crippen LogP contribution >= 0.6 is 6.64 Å². The smallest absolute Gasteiger partial charge is 0.323 e. The molecule has 0 radical (unpaired) electrons. The number of nitrogens with zero attached hydrogens (tertiary/aromatic N) is 3. The number of nitrogens with two attached hydrogens (primary N) is 1. The lowest BCUT2D eigenvalue weighted by atomic mass is 9.95. The Bertz CT molecular complexity index is 1600. The number of benzene rings is 1. The van der Waals surface area contributed by atoms with Crippen LogP contribution in [0, 0.1) is 11.8 Å². The van der Waals surface area contributed by atoms with Crippen LogP contribution in [0.1, 0.15) is 53.3 Å². The Morgan fingerprint density at radius 1 is 1.04 bits per heavy atom. The van der Waals surface area contributed by atoms with E-state index in [0.717, 1.165) is 0 Å². The van der Waals surface area contributed by atoms with Gasteiger partial charge in [0.15, 0.2) is 18.0 Å². The second-order valence-electron chi connectivity index (χ2n) is 11.7. The van der Waals surface area contributed by atoms with Gasteiger partial charge in [0.05, 0.1) is 31.2 Å². The van der Waals surface area contributed by atoms with Gasteiger partial charge in [-0.1, -0.05) is 45.9 Å². The van der Waals surface area contributed by atoms with E-state index < -0.39 is 66.3 Å². The molecule has 0 aliphatic carbocycles. The van der Waals surface area contributed by atoms with Crippen molar-refractivity contribution in [2.24, 2.45) is 11.8 Å². The number of rotatable bonds is 13. The van der Waals surface area contributed by atoms with Gasteiger partial charge in [-0.25, -0.2) is 14.6 Å². The van der Waals surface area contributed by atoms with Crippen LogP contribution in [0.3, 0.4) is 0 Å². The molecule has 3 N–H and O–H groups in total. The highest BCUT2D eigenvalue weighted by atomic mass is 32.5. The molecule has 1 unspecified atom stereocenters. The summed E-state index contributed by atoms with van der Waals surface area (Å²) in [6, 6.07) is 11.3. The summed E-state index contributed by atoms with van der Waals surface area (Å²) in [5.74, 6) is -2.04. The number of ether oxygens (including phenoxy) is 4. The highest BCUT2D eigenvalue weighted by Gasteiger charge is 2.59. The highest BCUT2D eigenvalue weighted by Crippen LogP contribution is 2.50. The van der Waals surface area contributed by atoms with Crippen molar-refractivity contribution in [2.45, 2.75) is 71.5 Å². The second kappa shape index (κ2) is 14.4. The number of hydrogen-bond donors (Lipinski definition) is 2. The largest absolute Gasteiger partial charge is 0.468 e. The van der Waals surface area contributed by atoms with E-state index in [1.807, 2.05) is 6.07 Å². The predicted octanol–water partition coefficient (Wildman–Crippen LogP) is 3.75. The third kappa shape index (κ3) is 7.84. The lowest BCUT2D eigenvalue weighted by Crippen LogP contribution is -2.49. The second-order valence-corrected chi connectivity index (χ2v) is 14.8. The van der Waals surface area contributed by atoms with Crippen LogP contribution in [0.2, 0.25) is 0 Å². The van der Waals surface area contributed by atoms with Gasteiger partial charge in [0.2, 0.25) is 0 Å². The summed E-state index contributed by atoms with van der Waals surface area (Å²) < 4.78 is 37.5. The molecular weight excluding hydrogens is 637 g/mol. The molecule has 46 heavy (non-hydrogen) atoms. The molecular formula is C30H40N5O9PS. The van der Waals surface area contributed by atoms with Crippen LogP contribution in [-0.2, 0) is 49.7 Å². The molecule has 3 heterocycles. The number of aromatic nitrogens is 3. The molecule has 4 rings (SSSR count). The maximum Gasteiger partial charge on any atom is 0.323 e. The topological polar surface area (TPSA) is 175 Å². The van der Waals surface area contributed by atoms with E-state index in [0.29, 0.717) is 17.0 Å². The summed E-state index contributed by atoms with van der Waals surface area (Å²) in [5.41, 5.74) is 5.60. The van der Waals surface area contributed by atoms with Crippen LogP contribution in [0.4, 0.5) is 5.82 Å². The Kier molecular flexibility index (Phi) is 11.1. The van der Waals surface area contributed by atoms with Gasteiger partial charge in [-0.05, 0) is 49.9 Å². The Balaban J connectivity index is 1.77. The number of para-hydroxylation sites is 1. The van der Waals surface area contributed by atoms with Gasteiger partial charge in [0.25, 0.3) is 0 Å². The lowest BCUT2D eigenvalue weighted by molar-refractivity contribution is -0.175. The minimum absolute atomic E-state index is 0.230. The lowest BCUT2D eigenvalue weighted by Gasteiger charge is -2.34. The zero-order valence-electron chi connectivity index (χ0n) is 26.7. The average molecular weight is 678 g/mol. The van der Waals surface area contributed by atoms with E-state index in [2.05, 4.69) is 15.2 Å². The van der Waals surface area contributed by atoms with Crippen molar-refractivity contribution in [1.29, 1.82) is 0 Å².